The minimum atomic E-state index is -0.439. The van der Waals surface area contributed by atoms with Crippen LogP contribution in [0.3, 0.4) is 0 Å². The van der Waals surface area contributed by atoms with Crippen LogP contribution >= 0.6 is 11.6 Å². The third-order valence-electron chi connectivity index (χ3n) is 2.97. The lowest BCUT2D eigenvalue weighted by Gasteiger charge is -2.10. The van der Waals surface area contributed by atoms with Crippen LogP contribution in [0.4, 0.5) is 8.78 Å². The molecule has 0 saturated carbocycles. The lowest BCUT2D eigenvalue weighted by molar-refractivity contribution is 0.299. The number of nitrogens with one attached hydrogen (secondary N) is 1. The molecule has 0 heterocycles. The number of ether oxygens (including phenoxy) is 1. The highest BCUT2D eigenvalue weighted by molar-refractivity contribution is 6.32. The zero-order valence-electron chi connectivity index (χ0n) is 11.6. The van der Waals surface area contributed by atoms with Crippen molar-refractivity contribution in [3.8, 4) is 5.75 Å². The Bertz CT molecular complexity index is 619. The van der Waals surface area contributed by atoms with E-state index in [0.717, 1.165) is 18.2 Å². The van der Waals surface area contributed by atoms with Gasteiger partial charge in [0.15, 0.2) is 0 Å². The van der Waals surface area contributed by atoms with Crippen molar-refractivity contribution < 1.29 is 13.5 Å². The van der Waals surface area contributed by atoms with E-state index in [1.54, 1.807) is 12.1 Å². The maximum Gasteiger partial charge on any atom is 0.138 e. The van der Waals surface area contributed by atoms with E-state index in [1.165, 1.54) is 18.2 Å². The van der Waals surface area contributed by atoms with Gasteiger partial charge in [0.05, 0.1) is 5.02 Å². The Labute approximate surface area is 127 Å². The van der Waals surface area contributed by atoms with Gasteiger partial charge in [0.1, 0.15) is 24.0 Å². The number of hydrogen-bond donors (Lipinski definition) is 1. The lowest BCUT2D eigenvalue weighted by atomic mass is 10.1. The molecule has 0 aliphatic carbocycles. The molecule has 0 saturated heterocycles. The van der Waals surface area contributed by atoms with Crippen molar-refractivity contribution in [3.63, 3.8) is 0 Å². The molecule has 0 amide bonds. The average Bonchev–Trinajstić information content (AvgIpc) is 2.46. The molecule has 2 aromatic rings. The highest BCUT2D eigenvalue weighted by Crippen LogP contribution is 2.26. The number of hydrogen-bond acceptors (Lipinski definition) is 2. The van der Waals surface area contributed by atoms with Crippen LogP contribution in [0, 0.1) is 11.6 Å². The average molecular weight is 312 g/mol. The molecule has 0 aromatic heterocycles. The van der Waals surface area contributed by atoms with Gasteiger partial charge in [-0.1, -0.05) is 24.6 Å². The summed E-state index contributed by atoms with van der Waals surface area (Å²) < 4.78 is 32.2. The topological polar surface area (TPSA) is 21.3 Å². The highest BCUT2D eigenvalue weighted by Gasteiger charge is 2.07. The molecule has 112 valence electrons. The summed E-state index contributed by atoms with van der Waals surface area (Å²) in [4.78, 5) is 0. The molecule has 2 aromatic carbocycles. The minimum absolute atomic E-state index is 0.0388. The largest absolute Gasteiger partial charge is 0.487 e. The van der Waals surface area contributed by atoms with Crippen LogP contribution in [0.1, 0.15) is 18.1 Å². The number of halogens is 3. The molecule has 0 atom stereocenters. The predicted molar refractivity (Wildman–Crippen MR) is 79.5 cm³/mol. The first kappa shape index (κ1) is 15.7. The fourth-order valence-corrected chi connectivity index (χ4v) is 2.09. The fraction of sp³-hybridized carbons (Fsp3) is 0.250. The van der Waals surface area contributed by atoms with E-state index >= 15 is 0 Å². The van der Waals surface area contributed by atoms with Crippen molar-refractivity contribution in [1.82, 2.24) is 5.32 Å². The Kier molecular flexibility index (Phi) is 5.53. The van der Waals surface area contributed by atoms with Gasteiger partial charge in [-0.05, 0) is 42.4 Å². The first-order chi connectivity index (χ1) is 10.1. The van der Waals surface area contributed by atoms with Gasteiger partial charge in [-0.2, -0.15) is 0 Å². The predicted octanol–water partition coefficient (Wildman–Crippen LogP) is 4.31. The Morgan fingerprint density at radius 1 is 1.14 bits per heavy atom. The Balaban J connectivity index is 2.08. The van der Waals surface area contributed by atoms with Crippen molar-refractivity contribution in [2.24, 2.45) is 0 Å². The van der Waals surface area contributed by atoms with Gasteiger partial charge in [0.2, 0.25) is 0 Å². The summed E-state index contributed by atoms with van der Waals surface area (Å²) in [5, 5.41) is 3.34. The summed E-state index contributed by atoms with van der Waals surface area (Å²) in [5.74, 6) is -0.450. The smallest absolute Gasteiger partial charge is 0.138 e. The molecule has 2 nitrogen and oxygen atoms in total. The first-order valence-corrected chi connectivity index (χ1v) is 7.04. The van der Waals surface area contributed by atoms with E-state index in [1.807, 2.05) is 6.92 Å². The van der Waals surface area contributed by atoms with Crippen molar-refractivity contribution in [2.75, 3.05) is 6.54 Å². The molecule has 0 spiro atoms. The van der Waals surface area contributed by atoms with E-state index in [-0.39, 0.29) is 17.4 Å². The zero-order valence-corrected chi connectivity index (χ0v) is 12.4. The molecular formula is C16H16ClF2NO. The summed E-state index contributed by atoms with van der Waals surface area (Å²) in [7, 11) is 0. The van der Waals surface area contributed by atoms with Gasteiger partial charge in [-0.3, -0.25) is 0 Å². The van der Waals surface area contributed by atoms with Crippen molar-refractivity contribution in [3.05, 3.63) is 64.2 Å². The summed E-state index contributed by atoms with van der Waals surface area (Å²) in [6, 6.07) is 8.73. The van der Waals surface area contributed by atoms with E-state index < -0.39 is 5.82 Å². The maximum absolute atomic E-state index is 13.8. The van der Waals surface area contributed by atoms with Gasteiger partial charge in [0, 0.05) is 12.1 Å². The quantitative estimate of drug-likeness (QED) is 0.858. The van der Waals surface area contributed by atoms with Gasteiger partial charge in [0.25, 0.3) is 0 Å². The Morgan fingerprint density at radius 3 is 2.67 bits per heavy atom. The van der Waals surface area contributed by atoms with E-state index in [2.05, 4.69) is 5.32 Å². The molecule has 0 radical (unpaired) electrons. The van der Waals surface area contributed by atoms with E-state index in [0.29, 0.717) is 17.9 Å². The van der Waals surface area contributed by atoms with Crippen LogP contribution in [0.2, 0.25) is 5.02 Å². The monoisotopic (exact) mass is 311 g/mol. The Morgan fingerprint density at radius 2 is 1.95 bits per heavy atom. The first-order valence-electron chi connectivity index (χ1n) is 6.66. The second-order valence-electron chi connectivity index (χ2n) is 4.57. The SMILES string of the molecule is CCNCc1ccc(F)c(COc2ccc(F)cc2Cl)c1. The molecule has 0 aliphatic rings. The second-order valence-corrected chi connectivity index (χ2v) is 4.98. The normalized spacial score (nSPS) is 10.7. The lowest BCUT2D eigenvalue weighted by Crippen LogP contribution is -2.12. The minimum Gasteiger partial charge on any atom is -0.487 e. The van der Waals surface area contributed by atoms with E-state index in [9.17, 15) is 8.78 Å². The summed E-state index contributed by atoms with van der Waals surface area (Å²) in [5.41, 5.74) is 1.41. The highest BCUT2D eigenvalue weighted by atomic mass is 35.5. The van der Waals surface area contributed by atoms with Gasteiger partial charge < -0.3 is 10.1 Å². The van der Waals surface area contributed by atoms with Crippen LogP contribution < -0.4 is 10.1 Å². The summed E-state index contributed by atoms with van der Waals surface area (Å²) in [6.45, 7) is 3.55. The van der Waals surface area contributed by atoms with Crippen LogP contribution in [0.5, 0.6) is 5.75 Å². The van der Waals surface area contributed by atoms with Crippen molar-refractivity contribution >= 4 is 11.6 Å². The van der Waals surface area contributed by atoms with Gasteiger partial charge in [-0.25, -0.2) is 8.78 Å². The third-order valence-corrected chi connectivity index (χ3v) is 3.26. The van der Waals surface area contributed by atoms with Gasteiger partial charge in [-0.15, -0.1) is 0 Å². The van der Waals surface area contributed by atoms with Crippen molar-refractivity contribution in [1.29, 1.82) is 0 Å². The maximum atomic E-state index is 13.8. The summed E-state index contributed by atoms with van der Waals surface area (Å²) >= 11 is 5.87. The van der Waals surface area contributed by atoms with Crippen LogP contribution in [-0.2, 0) is 13.2 Å². The molecule has 0 fully saturated rings. The molecular weight excluding hydrogens is 296 g/mol. The number of benzene rings is 2. The summed E-state index contributed by atoms with van der Waals surface area (Å²) in [6.07, 6.45) is 0. The van der Waals surface area contributed by atoms with Crippen LogP contribution in [0.25, 0.3) is 0 Å². The molecule has 2 rings (SSSR count). The number of rotatable bonds is 6. The zero-order chi connectivity index (χ0) is 15.2. The van der Waals surface area contributed by atoms with E-state index in [4.69, 9.17) is 16.3 Å². The van der Waals surface area contributed by atoms with Gasteiger partial charge >= 0.3 is 0 Å². The standard InChI is InChI=1S/C16H16ClF2NO/c1-2-20-9-11-3-5-15(19)12(7-11)10-21-16-6-4-13(18)8-14(16)17/h3-8,20H,2,9-10H2,1H3. The van der Waals surface area contributed by atoms with Crippen LogP contribution in [0.15, 0.2) is 36.4 Å². The molecule has 0 aliphatic heterocycles. The Hall–Kier alpha value is -1.65. The second kappa shape index (κ2) is 7.38. The van der Waals surface area contributed by atoms with Crippen LogP contribution in [-0.4, -0.2) is 6.54 Å². The molecule has 0 unspecified atom stereocenters. The molecule has 1 N–H and O–H groups in total. The molecule has 0 bridgehead atoms. The van der Waals surface area contributed by atoms with Crippen molar-refractivity contribution in [2.45, 2.75) is 20.1 Å². The fourth-order valence-electron chi connectivity index (χ4n) is 1.87. The third kappa shape index (κ3) is 4.41. The molecule has 21 heavy (non-hydrogen) atoms. The molecule has 5 heteroatoms.